The fraction of sp³-hybridized carbons (Fsp3) is 0.562. The zero-order chi connectivity index (χ0) is 16.4. The highest BCUT2D eigenvalue weighted by molar-refractivity contribution is 5.44. The van der Waals surface area contributed by atoms with Gasteiger partial charge in [-0.2, -0.15) is 5.10 Å². The molecule has 0 radical (unpaired) electrons. The molecule has 0 unspecified atom stereocenters. The summed E-state index contributed by atoms with van der Waals surface area (Å²) in [7, 11) is 5.94. The molecule has 2 aromatic rings. The topological polar surface area (TPSA) is 53.3 Å². The van der Waals surface area contributed by atoms with Crippen LogP contribution in [-0.2, 0) is 13.6 Å². The molecule has 0 amide bonds. The largest absolute Gasteiger partial charge is 0.361 e. The molecule has 0 aromatic carbocycles. The Balaban J connectivity index is 1.55. The smallest absolute Gasteiger partial charge is 0.151 e. The van der Waals surface area contributed by atoms with Crippen LogP contribution in [0.1, 0.15) is 11.4 Å². The van der Waals surface area contributed by atoms with Crippen molar-refractivity contribution < 1.29 is 0 Å². The van der Waals surface area contributed by atoms with E-state index in [9.17, 15) is 0 Å². The number of nitrogens with zero attached hydrogens (tertiary/aromatic N) is 7. The summed E-state index contributed by atoms with van der Waals surface area (Å²) in [5, 5.41) is 13.2. The van der Waals surface area contributed by atoms with E-state index >= 15 is 0 Å². The first-order chi connectivity index (χ1) is 11.0. The average molecular weight is 315 g/mol. The highest BCUT2D eigenvalue weighted by Gasteiger charge is 2.19. The minimum absolute atomic E-state index is 0.887. The molecule has 0 saturated carbocycles. The SMILES string of the molecule is Cc1cc(CN2CCN(c3ccc(N(C)C)nn3)CC2)nn1C. The lowest BCUT2D eigenvalue weighted by molar-refractivity contribution is 0.246. The van der Waals surface area contributed by atoms with Gasteiger partial charge in [-0.05, 0) is 25.1 Å². The zero-order valence-electron chi connectivity index (χ0n) is 14.4. The molecule has 1 saturated heterocycles. The summed E-state index contributed by atoms with van der Waals surface area (Å²) >= 11 is 0. The number of anilines is 2. The van der Waals surface area contributed by atoms with Gasteiger partial charge >= 0.3 is 0 Å². The van der Waals surface area contributed by atoms with Gasteiger partial charge in [-0.1, -0.05) is 0 Å². The third-order valence-corrected chi connectivity index (χ3v) is 4.34. The van der Waals surface area contributed by atoms with Gasteiger partial charge in [-0.15, -0.1) is 10.2 Å². The normalized spacial score (nSPS) is 15.9. The summed E-state index contributed by atoms with van der Waals surface area (Å²) in [6, 6.07) is 6.24. The van der Waals surface area contributed by atoms with Gasteiger partial charge in [0.1, 0.15) is 0 Å². The van der Waals surface area contributed by atoms with Crippen LogP contribution in [0.2, 0.25) is 0 Å². The van der Waals surface area contributed by atoms with Gasteiger partial charge in [0.2, 0.25) is 0 Å². The van der Waals surface area contributed by atoms with E-state index in [0.717, 1.165) is 50.1 Å². The third-order valence-electron chi connectivity index (χ3n) is 4.34. The van der Waals surface area contributed by atoms with Crippen molar-refractivity contribution in [3.05, 3.63) is 29.6 Å². The van der Waals surface area contributed by atoms with Crippen molar-refractivity contribution in [1.82, 2.24) is 24.9 Å². The van der Waals surface area contributed by atoms with Crippen molar-refractivity contribution in [3.8, 4) is 0 Å². The molecular weight excluding hydrogens is 290 g/mol. The first kappa shape index (κ1) is 15.7. The van der Waals surface area contributed by atoms with E-state index in [1.165, 1.54) is 5.69 Å². The maximum absolute atomic E-state index is 4.54. The molecule has 7 nitrogen and oxygen atoms in total. The van der Waals surface area contributed by atoms with Gasteiger partial charge in [0.25, 0.3) is 0 Å². The van der Waals surface area contributed by atoms with E-state index in [1.54, 1.807) is 0 Å². The van der Waals surface area contributed by atoms with E-state index in [4.69, 9.17) is 0 Å². The highest BCUT2D eigenvalue weighted by atomic mass is 15.3. The molecule has 0 bridgehead atoms. The maximum Gasteiger partial charge on any atom is 0.151 e. The predicted molar refractivity (Wildman–Crippen MR) is 91.8 cm³/mol. The fourth-order valence-electron chi connectivity index (χ4n) is 2.80. The lowest BCUT2D eigenvalue weighted by Crippen LogP contribution is -2.46. The van der Waals surface area contributed by atoms with Gasteiger partial charge in [-0.3, -0.25) is 9.58 Å². The Kier molecular flexibility index (Phi) is 4.47. The standard InChI is InChI=1S/C16H25N7/c1-13-11-14(19-21(13)4)12-22-7-9-23(10-8-22)16-6-5-15(17-18-16)20(2)3/h5-6,11H,7-10,12H2,1-4H3. The van der Waals surface area contributed by atoms with Crippen LogP contribution in [0.3, 0.4) is 0 Å². The molecule has 0 N–H and O–H groups in total. The summed E-state index contributed by atoms with van der Waals surface area (Å²) in [6.45, 7) is 6.99. The van der Waals surface area contributed by atoms with E-state index in [0.29, 0.717) is 0 Å². The number of hydrogen-bond donors (Lipinski definition) is 0. The lowest BCUT2D eigenvalue weighted by atomic mass is 10.2. The van der Waals surface area contributed by atoms with E-state index in [2.05, 4.69) is 44.2 Å². The van der Waals surface area contributed by atoms with E-state index in [-0.39, 0.29) is 0 Å². The second-order valence-electron chi connectivity index (χ2n) is 6.31. The van der Waals surface area contributed by atoms with Gasteiger partial charge in [0.15, 0.2) is 11.6 Å². The Morgan fingerprint density at radius 3 is 2.35 bits per heavy atom. The molecule has 3 heterocycles. The van der Waals surface area contributed by atoms with Crippen LogP contribution in [0.25, 0.3) is 0 Å². The monoisotopic (exact) mass is 315 g/mol. The summed E-state index contributed by atoms with van der Waals surface area (Å²) in [4.78, 5) is 6.70. The minimum Gasteiger partial charge on any atom is -0.361 e. The first-order valence-electron chi connectivity index (χ1n) is 8.01. The van der Waals surface area contributed by atoms with Crippen LogP contribution in [-0.4, -0.2) is 65.2 Å². The number of rotatable bonds is 4. The number of piperazine rings is 1. The van der Waals surface area contributed by atoms with Crippen LogP contribution < -0.4 is 9.80 Å². The molecule has 0 atom stereocenters. The average Bonchev–Trinajstić information content (AvgIpc) is 2.86. The van der Waals surface area contributed by atoms with Crippen LogP contribution in [0.5, 0.6) is 0 Å². The van der Waals surface area contributed by atoms with Gasteiger partial charge in [0, 0.05) is 59.6 Å². The summed E-state index contributed by atoms with van der Waals surface area (Å²) in [5.41, 5.74) is 2.35. The lowest BCUT2D eigenvalue weighted by Gasteiger charge is -2.34. The summed E-state index contributed by atoms with van der Waals surface area (Å²) < 4.78 is 1.94. The summed E-state index contributed by atoms with van der Waals surface area (Å²) in [6.07, 6.45) is 0. The van der Waals surface area contributed by atoms with Crippen molar-refractivity contribution in [2.75, 3.05) is 50.1 Å². The van der Waals surface area contributed by atoms with E-state index < -0.39 is 0 Å². The van der Waals surface area contributed by atoms with Crippen LogP contribution in [0, 0.1) is 6.92 Å². The van der Waals surface area contributed by atoms with Gasteiger partial charge < -0.3 is 9.80 Å². The number of aryl methyl sites for hydroxylation is 2. The minimum atomic E-state index is 0.887. The molecule has 1 fully saturated rings. The molecule has 3 rings (SSSR count). The van der Waals surface area contributed by atoms with Crippen molar-refractivity contribution in [2.24, 2.45) is 7.05 Å². The molecule has 1 aliphatic heterocycles. The van der Waals surface area contributed by atoms with Crippen LogP contribution >= 0.6 is 0 Å². The van der Waals surface area contributed by atoms with Gasteiger partial charge in [-0.25, -0.2) is 0 Å². The molecular formula is C16H25N7. The highest BCUT2D eigenvalue weighted by Crippen LogP contribution is 2.16. The summed E-state index contributed by atoms with van der Waals surface area (Å²) in [5.74, 6) is 1.85. The van der Waals surface area contributed by atoms with Crippen molar-refractivity contribution >= 4 is 11.6 Å². The Morgan fingerprint density at radius 2 is 1.83 bits per heavy atom. The van der Waals surface area contributed by atoms with E-state index in [1.807, 2.05) is 36.8 Å². The zero-order valence-corrected chi connectivity index (χ0v) is 14.4. The number of hydrogen-bond acceptors (Lipinski definition) is 6. The van der Waals surface area contributed by atoms with Crippen molar-refractivity contribution in [1.29, 1.82) is 0 Å². The molecule has 23 heavy (non-hydrogen) atoms. The molecule has 1 aliphatic rings. The quantitative estimate of drug-likeness (QED) is 0.836. The maximum atomic E-state index is 4.54. The second kappa shape index (κ2) is 6.54. The first-order valence-corrected chi connectivity index (χ1v) is 8.01. The van der Waals surface area contributed by atoms with Crippen LogP contribution in [0.4, 0.5) is 11.6 Å². The molecule has 124 valence electrons. The second-order valence-corrected chi connectivity index (χ2v) is 6.31. The molecule has 0 aliphatic carbocycles. The Labute approximate surface area is 137 Å². The number of aromatic nitrogens is 4. The van der Waals surface area contributed by atoms with Crippen molar-refractivity contribution in [3.63, 3.8) is 0 Å². The molecule has 0 spiro atoms. The van der Waals surface area contributed by atoms with Crippen LogP contribution in [0.15, 0.2) is 18.2 Å². The van der Waals surface area contributed by atoms with Gasteiger partial charge in [0.05, 0.1) is 5.69 Å². The molecule has 7 heteroatoms. The Hall–Kier alpha value is -2.15. The predicted octanol–water partition coefficient (Wildman–Crippen LogP) is 0.907. The third kappa shape index (κ3) is 3.61. The fourth-order valence-corrected chi connectivity index (χ4v) is 2.80. The van der Waals surface area contributed by atoms with Crippen molar-refractivity contribution in [2.45, 2.75) is 13.5 Å². The molecule has 2 aromatic heterocycles. The Morgan fingerprint density at radius 1 is 1.09 bits per heavy atom. The Bertz CT molecular complexity index is 619.